The first-order chi connectivity index (χ1) is 17.5. The maximum absolute atomic E-state index is 13.2. The minimum atomic E-state index is -1.08. The molecule has 0 bridgehead atoms. The Morgan fingerprint density at radius 2 is 1.94 bits per heavy atom. The number of methoxy groups -OCH3 is 2. The summed E-state index contributed by atoms with van der Waals surface area (Å²) >= 11 is 0. The van der Waals surface area contributed by atoms with Crippen LogP contribution in [0.1, 0.15) is 17.0 Å². The third-order valence-corrected chi connectivity index (χ3v) is 6.60. The summed E-state index contributed by atoms with van der Waals surface area (Å²) < 4.78 is 16.5. The summed E-state index contributed by atoms with van der Waals surface area (Å²) in [6.45, 7) is -0.00343. The Labute approximate surface area is 210 Å². The van der Waals surface area contributed by atoms with Crippen LogP contribution in [0.2, 0.25) is 0 Å². The van der Waals surface area contributed by atoms with E-state index >= 15 is 0 Å². The molecule has 2 aliphatic rings. The second kappa shape index (κ2) is 11.6. The fourth-order valence-electron chi connectivity index (χ4n) is 4.92. The van der Waals surface area contributed by atoms with Crippen molar-refractivity contribution in [3.63, 3.8) is 0 Å². The summed E-state index contributed by atoms with van der Waals surface area (Å²) in [5.41, 5.74) is 2.16. The number of nitrogens with one attached hydrogen (secondary N) is 1. The molecule has 0 radical (unpaired) electrons. The van der Waals surface area contributed by atoms with Gasteiger partial charge in [-0.1, -0.05) is 30.3 Å². The van der Waals surface area contributed by atoms with E-state index in [0.717, 1.165) is 11.1 Å². The Balaban J connectivity index is 1.68. The Morgan fingerprint density at radius 3 is 2.69 bits per heavy atom. The number of rotatable bonds is 10. The average molecular weight is 497 g/mol. The van der Waals surface area contributed by atoms with E-state index in [-0.39, 0.29) is 38.1 Å². The molecule has 1 heterocycles. The van der Waals surface area contributed by atoms with Crippen LogP contribution in [0, 0.1) is 0 Å². The van der Waals surface area contributed by atoms with Crippen LogP contribution in [0.25, 0.3) is 0 Å². The second-order valence-electron chi connectivity index (χ2n) is 8.80. The van der Waals surface area contributed by atoms with Gasteiger partial charge in [-0.05, 0) is 36.3 Å². The number of hydrogen-bond acceptors (Lipinski definition) is 7. The number of aliphatic hydroxyl groups excluding tert-OH is 2. The van der Waals surface area contributed by atoms with E-state index < -0.39 is 24.2 Å². The second-order valence-corrected chi connectivity index (χ2v) is 8.80. The molecule has 4 rings (SSSR count). The highest BCUT2D eigenvalue weighted by molar-refractivity contribution is 5.96. The van der Waals surface area contributed by atoms with Crippen LogP contribution in [0.15, 0.2) is 60.2 Å². The van der Waals surface area contributed by atoms with E-state index in [0.29, 0.717) is 23.5 Å². The Kier molecular flexibility index (Phi) is 8.25. The molecule has 0 saturated heterocycles. The number of para-hydroxylation sites is 1. The smallest absolute Gasteiger partial charge is 0.249 e. The Hall–Kier alpha value is -3.40. The summed E-state index contributed by atoms with van der Waals surface area (Å²) in [6, 6.07) is 14.1. The molecule has 9 heteroatoms. The lowest BCUT2D eigenvalue weighted by molar-refractivity contribution is -0.141. The van der Waals surface area contributed by atoms with Crippen molar-refractivity contribution in [3.05, 3.63) is 71.3 Å². The SMILES string of the molecule is COCC(=O)N(CCc1cccc(OC)c1)C1C=C(C(=O)NCCO)C2c3ccccc3OC2C1O. The van der Waals surface area contributed by atoms with Crippen molar-refractivity contribution in [3.8, 4) is 11.5 Å². The lowest BCUT2D eigenvalue weighted by Gasteiger charge is -2.40. The van der Waals surface area contributed by atoms with Gasteiger partial charge in [0.2, 0.25) is 11.8 Å². The number of aliphatic hydroxyl groups is 2. The van der Waals surface area contributed by atoms with E-state index in [1.165, 1.54) is 12.0 Å². The van der Waals surface area contributed by atoms with Crippen LogP contribution in [-0.2, 0) is 20.7 Å². The third kappa shape index (κ3) is 5.23. The minimum Gasteiger partial charge on any atom is -0.497 e. The van der Waals surface area contributed by atoms with Crippen LogP contribution in [0.4, 0.5) is 0 Å². The van der Waals surface area contributed by atoms with Gasteiger partial charge in [0.15, 0.2) is 0 Å². The van der Waals surface area contributed by atoms with E-state index in [1.807, 2.05) is 42.5 Å². The molecule has 9 nitrogen and oxygen atoms in total. The quantitative estimate of drug-likeness (QED) is 0.450. The van der Waals surface area contributed by atoms with Gasteiger partial charge in [0.1, 0.15) is 30.3 Å². The number of ether oxygens (including phenoxy) is 3. The topological polar surface area (TPSA) is 118 Å². The molecule has 1 aliphatic heterocycles. The lowest BCUT2D eigenvalue weighted by Crippen LogP contribution is -2.56. The number of hydrogen-bond donors (Lipinski definition) is 3. The molecular formula is C27H32N2O7. The van der Waals surface area contributed by atoms with Crippen molar-refractivity contribution in [1.82, 2.24) is 10.2 Å². The van der Waals surface area contributed by atoms with Gasteiger partial charge in [-0.25, -0.2) is 0 Å². The molecule has 36 heavy (non-hydrogen) atoms. The zero-order chi connectivity index (χ0) is 25.7. The van der Waals surface area contributed by atoms with Crippen LogP contribution in [-0.4, -0.2) is 85.7 Å². The zero-order valence-electron chi connectivity index (χ0n) is 20.4. The molecule has 4 unspecified atom stereocenters. The van der Waals surface area contributed by atoms with Gasteiger partial charge in [-0.15, -0.1) is 0 Å². The van der Waals surface area contributed by atoms with Crippen molar-refractivity contribution in [2.24, 2.45) is 0 Å². The van der Waals surface area contributed by atoms with Crippen molar-refractivity contribution in [2.75, 3.05) is 40.5 Å². The highest BCUT2D eigenvalue weighted by Crippen LogP contribution is 2.47. The summed E-state index contributed by atoms with van der Waals surface area (Å²) in [7, 11) is 3.03. The first-order valence-corrected chi connectivity index (χ1v) is 11.9. The maximum atomic E-state index is 13.2. The van der Waals surface area contributed by atoms with Crippen LogP contribution in [0.3, 0.4) is 0 Å². The van der Waals surface area contributed by atoms with Gasteiger partial charge < -0.3 is 34.6 Å². The van der Waals surface area contributed by atoms with Gasteiger partial charge in [-0.3, -0.25) is 9.59 Å². The molecule has 0 spiro atoms. The first kappa shape index (κ1) is 25.7. The fraction of sp³-hybridized carbons (Fsp3) is 0.407. The lowest BCUT2D eigenvalue weighted by atomic mass is 9.77. The molecule has 1 aliphatic carbocycles. The maximum Gasteiger partial charge on any atom is 0.249 e. The number of benzene rings is 2. The van der Waals surface area contributed by atoms with Crippen LogP contribution in [0.5, 0.6) is 11.5 Å². The molecular weight excluding hydrogens is 464 g/mol. The van der Waals surface area contributed by atoms with E-state index in [1.54, 1.807) is 19.3 Å². The zero-order valence-corrected chi connectivity index (χ0v) is 20.4. The molecule has 3 N–H and O–H groups in total. The number of nitrogens with zero attached hydrogens (tertiary/aromatic N) is 1. The van der Waals surface area contributed by atoms with E-state index in [9.17, 15) is 19.8 Å². The molecule has 2 amide bonds. The summed E-state index contributed by atoms with van der Waals surface area (Å²) in [5.74, 6) is 0.124. The molecule has 2 aromatic rings. The highest BCUT2D eigenvalue weighted by atomic mass is 16.5. The van der Waals surface area contributed by atoms with Crippen molar-refractivity contribution < 1.29 is 34.0 Å². The fourth-order valence-corrected chi connectivity index (χ4v) is 4.92. The normalized spacial score (nSPS) is 22.1. The molecule has 0 saturated carbocycles. The number of amides is 2. The van der Waals surface area contributed by atoms with E-state index in [4.69, 9.17) is 14.2 Å². The minimum absolute atomic E-state index is 0.0887. The van der Waals surface area contributed by atoms with Crippen LogP contribution < -0.4 is 14.8 Å². The van der Waals surface area contributed by atoms with Gasteiger partial charge in [0, 0.05) is 31.3 Å². The summed E-state index contributed by atoms with van der Waals surface area (Å²) in [4.78, 5) is 27.9. The number of carbonyl (C=O) groups is 2. The molecule has 2 aromatic carbocycles. The summed E-state index contributed by atoms with van der Waals surface area (Å²) in [5, 5.41) is 23.4. The predicted octanol–water partition coefficient (Wildman–Crippen LogP) is 1.04. The van der Waals surface area contributed by atoms with Gasteiger partial charge in [0.05, 0.1) is 25.7 Å². The van der Waals surface area contributed by atoms with Crippen molar-refractivity contribution in [1.29, 1.82) is 0 Å². The van der Waals surface area contributed by atoms with Gasteiger partial charge in [-0.2, -0.15) is 0 Å². The number of carbonyl (C=O) groups excluding carboxylic acids is 2. The first-order valence-electron chi connectivity index (χ1n) is 11.9. The number of fused-ring (bicyclic) bond motifs is 3. The van der Waals surface area contributed by atoms with Crippen LogP contribution >= 0.6 is 0 Å². The third-order valence-electron chi connectivity index (χ3n) is 6.60. The van der Waals surface area contributed by atoms with Gasteiger partial charge >= 0.3 is 0 Å². The standard InChI is InChI=1S/C27H32N2O7/c1-34-16-23(31)29(12-10-17-6-5-7-18(14-17)35-2)21-15-20(27(33)28-11-13-30)24-19-8-3-4-9-22(19)36-26(24)25(21)32/h3-9,14-15,21,24-26,30,32H,10-13,16H2,1-2H3,(H,28,33). The van der Waals surface area contributed by atoms with Crippen molar-refractivity contribution >= 4 is 11.8 Å². The predicted molar refractivity (Wildman–Crippen MR) is 132 cm³/mol. The van der Waals surface area contributed by atoms with Crippen molar-refractivity contribution in [2.45, 2.75) is 30.6 Å². The molecule has 0 aromatic heterocycles. The van der Waals surface area contributed by atoms with E-state index in [2.05, 4.69) is 5.32 Å². The average Bonchev–Trinajstić information content (AvgIpc) is 3.29. The molecule has 192 valence electrons. The highest BCUT2D eigenvalue weighted by Gasteiger charge is 2.50. The summed E-state index contributed by atoms with van der Waals surface area (Å²) in [6.07, 6.45) is 0.332. The Morgan fingerprint density at radius 1 is 1.14 bits per heavy atom. The molecule has 4 atom stereocenters. The Bertz CT molecular complexity index is 1120. The molecule has 0 fully saturated rings. The van der Waals surface area contributed by atoms with Gasteiger partial charge in [0.25, 0.3) is 0 Å². The monoisotopic (exact) mass is 496 g/mol. The largest absolute Gasteiger partial charge is 0.497 e.